The molecule has 0 bridgehead atoms. The lowest BCUT2D eigenvalue weighted by Crippen LogP contribution is -2.01. The van der Waals surface area contributed by atoms with Crippen molar-refractivity contribution in [2.45, 2.75) is 27.7 Å². The van der Waals surface area contributed by atoms with Gasteiger partial charge in [0, 0.05) is 95.7 Å². The molecule has 644 valence electrons. The van der Waals surface area contributed by atoms with Crippen LogP contribution < -0.4 is 0 Å². The van der Waals surface area contributed by atoms with Gasteiger partial charge in [-0.1, -0.05) is 340 Å². The third kappa shape index (κ3) is 19.3. The van der Waals surface area contributed by atoms with E-state index in [4.69, 9.17) is 59.8 Å². The average molecular weight is 1750 g/mol. The number of hydrogen-bond acceptors (Lipinski definition) is 13. The second-order valence-corrected chi connectivity index (χ2v) is 33.7. The van der Waals surface area contributed by atoms with Crippen molar-refractivity contribution in [2.24, 2.45) is 0 Å². The highest BCUT2D eigenvalue weighted by Crippen LogP contribution is 2.41. The number of pyridine rings is 2. The van der Waals surface area contributed by atoms with Gasteiger partial charge in [-0.3, -0.25) is 9.97 Å². The van der Waals surface area contributed by atoms with E-state index in [1.807, 2.05) is 228 Å². The fraction of sp³-hybridized carbons (Fsp3) is 0.0325. The number of rotatable bonds is 17. The molecule has 0 spiro atoms. The van der Waals surface area contributed by atoms with E-state index in [2.05, 4.69) is 260 Å². The molecule has 23 rings (SSSR count). The largest absolute Gasteiger partial charge is 0.261 e. The van der Waals surface area contributed by atoms with E-state index in [1.165, 1.54) is 32.3 Å². The maximum absolute atomic E-state index is 5.06. The molecule has 23 aromatic rings. The fourth-order valence-electron chi connectivity index (χ4n) is 17.1. The Balaban J connectivity index is 0.000000122. The lowest BCUT2D eigenvalue weighted by atomic mass is 9.93. The summed E-state index contributed by atoms with van der Waals surface area (Å²) >= 11 is 0. The molecule has 136 heavy (non-hydrogen) atoms. The van der Waals surface area contributed by atoms with Gasteiger partial charge in [0.25, 0.3) is 0 Å². The van der Waals surface area contributed by atoms with Gasteiger partial charge in [-0.25, -0.2) is 54.8 Å². The first-order valence-corrected chi connectivity index (χ1v) is 45.4. The second kappa shape index (κ2) is 38.5. The SMILES string of the molecule is Cc1cc(C)nc(-c2cc(-c3ccc4ccccc4c3)cc(-c3nc(-c4ccccc4)nc(-c4ccccc4)n3)c2)n1.Cc1ccc(-c2cccc(-c3cc(-c4ccc5ccccc5c4)cc(-c4nc(-c5ccccc5)nc(-c5ccccc5)n4)c3)c2)cn1.Cc1cccc(-c2cccc(-c3cc(-c4ccc5ccccc5c4)cc(-c4nc(-c5ccccc5)nc(-c5ccccc5)n4)c3)c2)n1. The van der Waals surface area contributed by atoms with Crippen LogP contribution in [-0.4, -0.2) is 64.8 Å². The Labute approximate surface area is 789 Å². The molecule has 0 atom stereocenters. The van der Waals surface area contributed by atoms with Crippen LogP contribution >= 0.6 is 0 Å². The van der Waals surface area contributed by atoms with Crippen molar-refractivity contribution in [3.8, 4) is 192 Å². The van der Waals surface area contributed by atoms with Crippen molar-refractivity contribution < 1.29 is 0 Å². The number of aromatic nitrogens is 13. The Hall–Kier alpha value is -18.1. The maximum atomic E-state index is 5.06. The summed E-state index contributed by atoms with van der Waals surface area (Å²) in [6.45, 7) is 8.02. The lowest BCUT2D eigenvalue weighted by molar-refractivity contribution is 1.06. The van der Waals surface area contributed by atoms with Gasteiger partial charge in [-0.2, -0.15) is 0 Å². The topological polar surface area (TPSA) is 168 Å². The number of hydrogen-bond donors (Lipinski definition) is 0. The van der Waals surface area contributed by atoms with E-state index >= 15 is 0 Å². The quantitative estimate of drug-likeness (QED) is 0.0845. The first-order chi connectivity index (χ1) is 66.9. The summed E-state index contributed by atoms with van der Waals surface area (Å²) in [6, 6.07) is 155. The van der Waals surface area contributed by atoms with Crippen molar-refractivity contribution in [3.05, 3.63) is 478 Å². The molecule has 0 fully saturated rings. The molecule has 0 aliphatic heterocycles. The number of nitrogens with zero attached hydrogens (tertiary/aromatic N) is 13. The summed E-state index contributed by atoms with van der Waals surface area (Å²) < 4.78 is 0. The Bertz CT molecular complexity index is 8120. The van der Waals surface area contributed by atoms with Crippen LogP contribution in [0.5, 0.6) is 0 Å². The van der Waals surface area contributed by atoms with Crippen molar-refractivity contribution in [1.29, 1.82) is 0 Å². The first kappa shape index (κ1) is 84.8. The Morgan fingerprint density at radius 1 is 0.118 bits per heavy atom. The molecular weight excluding hydrogens is 1660 g/mol. The van der Waals surface area contributed by atoms with Crippen LogP contribution in [0, 0.1) is 27.7 Å². The minimum absolute atomic E-state index is 0.593. The molecule has 13 heteroatoms. The molecule has 0 radical (unpaired) electrons. The Kier molecular flexibility index (Phi) is 24.0. The molecule has 6 heterocycles. The Morgan fingerprint density at radius 2 is 0.346 bits per heavy atom. The predicted octanol–water partition coefficient (Wildman–Crippen LogP) is 30.2. The predicted molar refractivity (Wildman–Crippen MR) is 555 cm³/mol. The van der Waals surface area contributed by atoms with Crippen molar-refractivity contribution in [1.82, 2.24) is 64.8 Å². The highest BCUT2D eigenvalue weighted by atomic mass is 15.1. The maximum Gasteiger partial charge on any atom is 0.164 e. The van der Waals surface area contributed by atoms with Gasteiger partial charge in [0.1, 0.15) is 0 Å². The standard InChI is InChI=1S/2C43H30N4.C37H27N5/c1-29-12-10-21-40(44-29)36-20-11-19-34(25-36)37-26-38(35-23-22-30-13-8-9-18-33(30)24-35)28-39(27-37)43-46-41(31-14-4-2-5-15-31)45-42(47-43)32-16-6-3-7-17-32;1-29-19-20-37(28-44-29)34-17-10-18-35(24-34)38-25-39(36-22-21-30-11-8-9-16-33(30)23-36)27-40(26-38)43-46-41(31-12-4-2-5-13-31)45-42(47-43)32-14-6-3-7-15-32;1-24-19-25(2)39-36(38-24)32-21-31(30-18-17-26-11-9-10-16-29(26)20-30)22-33(23-32)37-41-34(27-12-5-3-6-13-27)40-35(42-37)28-14-7-4-8-15-28/h2*2-28H,1H3;3-23H,1-2H3. The fourth-order valence-corrected chi connectivity index (χ4v) is 17.1. The highest BCUT2D eigenvalue weighted by Gasteiger charge is 2.22. The van der Waals surface area contributed by atoms with E-state index in [-0.39, 0.29) is 0 Å². The van der Waals surface area contributed by atoms with Gasteiger partial charge in [0.15, 0.2) is 58.2 Å². The molecule has 6 aromatic heterocycles. The smallest absolute Gasteiger partial charge is 0.164 e. The number of benzene rings is 17. The van der Waals surface area contributed by atoms with E-state index in [1.54, 1.807) is 0 Å². The van der Waals surface area contributed by atoms with E-state index < -0.39 is 0 Å². The molecule has 0 amide bonds. The van der Waals surface area contributed by atoms with Crippen LogP contribution in [0.3, 0.4) is 0 Å². The van der Waals surface area contributed by atoms with Crippen molar-refractivity contribution in [3.63, 3.8) is 0 Å². The minimum atomic E-state index is 0.593. The van der Waals surface area contributed by atoms with Gasteiger partial charge in [0.2, 0.25) is 0 Å². The van der Waals surface area contributed by atoms with Gasteiger partial charge in [0.05, 0.1) is 5.69 Å². The zero-order chi connectivity index (χ0) is 91.6. The first-order valence-electron chi connectivity index (χ1n) is 45.4. The molecule has 0 saturated carbocycles. The van der Waals surface area contributed by atoms with E-state index in [0.29, 0.717) is 58.2 Å². The van der Waals surface area contributed by atoms with Crippen LogP contribution in [0.15, 0.2) is 455 Å². The van der Waals surface area contributed by atoms with Gasteiger partial charge in [-0.05, 0) is 230 Å². The highest BCUT2D eigenvalue weighted by molar-refractivity contribution is 5.94. The summed E-state index contributed by atoms with van der Waals surface area (Å²) in [4.78, 5) is 63.8. The molecular formula is C123H87N13. The normalized spacial score (nSPS) is 11.1. The molecule has 0 aliphatic rings. The van der Waals surface area contributed by atoms with Crippen molar-refractivity contribution >= 4 is 32.3 Å². The summed E-state index contributed by atoms with van der Waals surface area (Å²) in [6.07, 6.45) is 1.94. The van der Waals surface area contributed by atoms with Gasteiger partial charge in [-0.15, -0.1) is 0 Å². The monoisotopic (exact) mass is 1750 g/mol. The Morgan fingerprint density at radius 3 is 0.654 bits per heavy atom. The summed E-state index contributed by atoms with van der Waals surface area (Å²) in [7, 11) is 0. The average Bonchev–Trinajstić information content (AvgIpc) is 0.782. The summed E-state index contributed by atoms with van der Waals surface area (Å²) in [5, 5.41) is 7.20. The van der Waals surface area contributed by atoms with Gasteiger partial charge < -0.3 is 0 Å². The van der Waals surface area contributed by atoms with Crippen LogP contribution in [0.1, 0.15) is 22.8 Å². The molecule has 0 saturated heterocycles. The molecule has 0 N–H and O–H groups in total. The third-order valence-corrected chi connectivity index (χ3v) is 24.0. The van der Waals surface area contributed by atoms with E-state index in [9.17, 15) is 0 Å². The zero-order valence-corrected chi connectivity index (χ0v) is 75.1. The molecule has 0 unspecified atom stereocenters. The van der Waals surface area contributed by atoms with Crippen molar-refractivity contribution in [2.75, 3.05) is 0 Å². The zero-order valence-electron chi connectivity index (χ0n) is 75.1. The molecule has 0 aliphatic carbocycles. The van der Waals surface area contributed by atoms with E-state index in [0.717, 1.165) is 156 Å². The van der Waals surface area contributed by atoms with Crippen LogP contribution in [-0.2, 0) is 0 Å². The summed E-state index contributed by atoms with van der Waals surface area (Å²) in [5.41, 5.74) is 28.2. The lowest BCUT2D eigenvalue weighted by Gasteiger charge is -2.13. The number of aryl methyl sites for hydroxylation is 4. The van der Waals surface area contributed by atoms with Crippen LogP contribution in [0.25, 0.3) is 224 Å². The van der Waals surface area contributed by atoms with Gasteiger partial charge >= 0.3 is 0 Å². The summed E-state index contributed by atoms with van der Waals surface area (Å²) in [5.74, 6) is 6.33. The third-order valence-electron chi connectivity index (χ3n) is 24.0. The van der Waals surface area contributed by atoms with Crippen LogP contribution in [0.2, 0.25) is 0 Å². The number of fused-ring (bicyclic) bond motifs is 3. The van der Waals surface area contributed by atoms with Crippen LogP contribution in [0.4, 0.5) is 0 Å². The molecule has 17 aromatic carbocycles. The molecule has 13 nitrogen and oxygen atoms in total. The minimum Gasteiger partial charge on any atom is -0.261 e. The second-order valence-electron chi connectivity index (χ2n) is 33.7.